The zero-order valence-electron chi connectivity index (χ0n) is 24.7. The molecule has 0 saturated carbocycles. The number of hydrogen-bond acceptors (Lipinski definition) is 5. The molecule has 0 unspecified atom stereocenters. The number of hydrogen-bond donors (Lipinski definition) is 1. The third-order valence-electron chi connectivity index (χ3n) is 6.86. The minimum absolute atomic E-state index is 0.136. The summed E-state index contributed by atoms with van der Waals surface area (Å²) in [6.07, 6.45) is -5.75. The Hall–Kier alpha value is -3.86. The number of carbonyl (C=O) groups is 1. The summed E-state index contributed by atoms with van der Waals surface area (Å²) in [4.78, 5) is 16.9. The van der Waals surface area contributed by atoms with Gasteiger partial charge in [0.15, 0.2) is 0 Å². The highest BCUT2D eigenvalue weighted by molar-refractivity contribution is 7.90. The normalized spacial score (nSPS) is 12.4. The minimum Gasteiger partial charge on any atom is -0.449 e. The molecule has 3 aromatic carbocycles. The van der Waals surface area contributed by atoms with Gasteiger partial charge in [-0.15, -0.1) is 0 Å². The van der Waals surface area contributed by atoms with Crippen LogP contribution in [-0.2, 0) is 33.1 Å². The minimum atomic E-state index is -4.39. The van der Waals surface area contributed by atoms with Crippen LogP contribution in [0.15, 0.2) is 71.6 Å². The summed E-state index contributed by atoms with van der Waals surface area (Å²) in [7, 11) is -4.39. The quantitative estimate of drug-likeness (QED) is 0.184. The molecule has 43 heavy (non-hydrogen) atoms. The van der Waals surface area contributed by atoms with Crippen molar-refractivity contribution in [1.29, 1.82) is 0 Å². The first-order chi connectivity index (χ1) is 20.2. The number of sulfonamides is 1. The molecule has 1 aromatic heterocycles. The predicted octanol–water partition coefficient (Wildman–Crippen LogP) is 7.76. The number of alkyl halides is 3. The molecule has 4 rings (SSSR count). The Bertz CT molecular complexity index is 1690. The van der Waals surface area contributed by atoms with Crippen LogP contribution in [0.3, 0.4) is 0 Å². The van der Waals surface area contributed by atoms with Gasteiger partial charge < -0.3 is 9.30 Å². The second-order valence-corrected chi connectivity index (χ2v) is 13.1. The molecule has 0 aliphatic rings. The van der Waals surface area contributed by atoms with Crippen LogP contribution in [0, 0.1) is 0 Å². The van der Waals surface area contributed by atoms with E-state index < -0.39 is 41.7 Å². The number of benzene rings is 3. The van der Waals surface area contributed by atoms with E-state index in [0.717, 1.165) is 40.8 Å². The van der Waals surface area contributed by atoms with Gasteiger partial charge in [0.25, 0.3) is 10.0 Å². The number of aromatic nitrogens is 2. The van der Waals surface area contributed by atoms with Gasteiger partial charge in [0, 0.05) is 23.9 Å². The van der Waals surface area contributed by atoms with Gasteiger partial charge in [0.2, 0.25) is 0 Å². The standard InChI is InChI=1S/C32H36F3N3O4S/c1-5-9-22-14-17-28(43(40,41)37-30(39)42-19-8-18-32(33,34)35)25(20-22)24-15-12-23(13-16-24)21-38-27-11-7-6-10-26(27)36-29(38)31(2,3)4/h6-7,10-17,20H,5,8-9,18-19,21H2,1-4H3,(H,37,39). The monoisotopic (exact) mass is 615 g/mol. The Labute approximate surface area is 250 Å². The van der Waals surface area contributed by atoms with E-state index in [1.54, 1.807) is 12.1 Å². The molecule has 1 N–H and O–H groups in total. The molecule has 0 aliphatic carbocycles. The number of amides is 1. The molecule has 7 nitrogen and oxygen atoms in total. The average molecular weight is 616 g/mol. The van der Waals surface area contributed by atoms with E-state index in [1.807, 2.05) is 60.2 Å². The number of fused-ring (bicyclic) bond motifs is 1. The zero-order chi connectivity index (χ0) is 31.4. The molecule has 0 spiro atoms. The number of nitrogens with one attached hydrogen (secondary N) is 1. The molecule has 230 valence electrons. The SMILES string of the molecule is CCCc1ccc(S(=O)(=O)NC(=O)OCCCC(F)(F)F)c(-c2ccc(Cn3c(C(C)(C)C)nc4ccccc43)cc2)c1. The van der Waals surface area contributed by atoms with Crippen LogP contribution >= 0.6 is 0 Å². The lowest BCUT2D eigenvalue weighted by Crippen LogP contribution is -2.32. The Morgan fingerprint density at radius 2 is 1.65 bits per heavy atom. The van der Waals surface area contributed by atoms with Crippen molar-refractivity contribution in [2.75, 3.05) is 6.61 Å². The van der Waals surface area contributed by atoms with Crippen molar-refractivity contribution in [3.8, 4) is 11.1 Å². The fourth-order valence-electron chi connectivity index (χ4n) is 4.89. The molecule has 0 bridgehead atoms. The van der Waals surface area contributed by atoms with E-state index in [2.05, 4.69) is 25.3 Å². The maximum Gasteiger partial charge on any atom is 0.421 e. The second-order valence-electron chi connectivity index (χ2n) is 11.5. The van der Waals surface area contributed by atoms with Crippen molar-refractivity contribution in [2.24, 2.45) is 0 Å². The van der Waals surface area contributed by atoms with Gasteiger partial charge in [-0.05, 0) is 53.8 Å². The number of nitrogens with zero attached hydrogens (tertiary/aromatic N) is 2. The largest absolute Gasteiger partial charge is 0.449 e. The summed E-state index contributed by atoms with van der Waals surface area (Å²) in [5.41, 5.74) is 4.70. The smallest absolute Gasteiger partial charge is 0.421 e. The van der Waals surface area contributed by atoms with E-state index >= 15 is 0 Å². The van der Waals surface area contributed by atoms with E-state index in [4.69, 9.17) is 9.72 Å². The van der Waals surface area contributed by atoms with E-state index in [-0.39, 0.29) is 10.3 Å². The lowest BCUT2D eigenvalue weighted by Gasteiger charge is -2.20. The first kappa shape index (κ1) is 32.1. The molecule has 0 atom stereocenters. The highest BCUT2D eigenvalue weighted by Crippen LogP contribution is 2.31. The van der Waals surface area contributed by atoms with Gasteiger partial charge in [0.1, 0.15) is 5.82 Å². The molecule has 1 amide bonds. The zero-order valence-corrected chi connectivity index (χ0v) is 25.5. The van der Waals surface area contributed by atoms with Crippen molar-refractivity contribution < 1.29 is 31.1 Å². The number of ether oxygens (including phenoxy) is 1. The Kier molecular flexibility index (Phi) is 9.54. The molecule has 11 heteroatoms. The summed E-state index contributed by atoms with van der Waals surface area (Å²) in [6.45, 7) is 8.37. The van der Waals surface area contributed by atoms with Crippen LogP contribution in [-0.4, -0.2) is 36.8 Å². The maximum absolute atomic E-state index is 13.2. The fourth-order valence-corrected chi connectivity index (χ4v) is 6.00. The molecule has 0 saturated heterocycles. The molecule has 0 fully saturated rings. The average Bonchev–Trinajstić information content (AvgIpc) is 3.30. The van der Waals surface area contributed by atoms with Gasteiger partial charge >= 0.3 is 12.3 Å². The van der Waals surface area contributed by atoms with Gasteiger partial charge in [-0.25, -0.2) is 22.9 Å². The van der Waals surface area contributed by atoms with Crippen molar-refractivity contribution in [3.05, 3.63) is 83.7 Å². The van der Waals surface area contributed by atoms with Gasteiger partial charge in [-0.3, -0.25) is 0 Å². The van der Waals surface area contributed by atoms with Crippen LogP contribution in [0.25, 0.3) is 22.2 Å². The number of rotatable bonds is 10. The number of carbonyl (C=O) groups excluding carboxylic acids is 1. The molecule has 4 aromatic rings. The van der Waals surface area contributed by atoms with Gasteiger partial charge in [-0.2, -0.15) is 13.2 Å². The van der Waals surface area contributed by atoms with Crippen LogP contribution in [0.4, 0.5) is 18.0 Å². The Balaban J connectivity index is 1.61. The van der Waals surface area contributed by atoms with E-state index in [1.165, 1.54) is 6.07 Å². The van der Waals surface area contributed by atoms with Crippen LogP contribution in [0.1, 0.15) is 63.9 Å². The van der Waals surface area contributed by atoms with Crippen LogP contribution in [0.5, 0.6) is 0 Å². The number of para-hydroxylation sites is 2. The molecule has 0 radical (unpaired) electrons. The number of imidazole rings is 1. The molecule has 1 heterocycles. The third-order valence-corrected chi connectivity index (χ3v) is 8.23. The topological polar surface area (TPSA) is 90.3 Å². The highest BCUT2D eigenvalue weighted by atomic mass is 32.2. The van der Waals surface area contributed by atoms with Crippen molar-refractivity contribution >= 4 is 27.1 Å². The maximum atomic E-state index is 13.2. The van der Waals surface area contributed by atoms with Crippen LogP contribution in [0.2, 0.25) is 0 Å². The van der Waals surface area contributed by atoms with Crippen LogP contribution < -0.4 is 4.72 Å². The summed E-state index contributed by atoms with van der Waals surface area (Å²) >= 11 is 0. The van der Waals surface area contributed by atoms with E-state index in [0.29, 0.717) is 17.7 Å². The molecular weight excluding hydrogens is 579 g/mol. The fraction of sp³-hybridized carbons (Fsp3) is 0.375. The number of halogens is 3. The second kappa shape index (κ2) is 12.8. The van der Waals surface area contributed by atoms with E-state index in [9.17, 15) is 26.4 Å². The lowest BCUT2D eigenvalue weighted by atomic mass is 9.95. The van der Waals surface area contributed by atoms with Gasteiger partial charge in [0.05, 0.1) is 22.5 Å². The molecular formula is C32H36F3N3O4S. The van der Waals surface area contributed by atoms with Crippen molar-refractivity contribution in [1.82, 2.24) is 14.3 Å². The summed E-state index contributed by atoms with van der Waals surface area (Å²) in [5.74, 6) is 0.954. The molecule has 0 aliphatic heterocycles. The Morgan fingerprint density at radius 1 is 0.977 bits per heavy atom. The van der Waals surface area contributed by atoms with Crippen molar-refractivity contribution in [2.45, 2.75) is 76.4 Å². The summed E-state index contributed by atoms with van der Waals surface area (Å²) in [5, 5.41) is 0. The predicted molar refractivity (Wildman–Crippen MR) is 160 cm³/mol. The lowest BCUT2D eigenvalue weighted by molar-refractivity contribution is -0.137. The summed E-state index contributed by atoms with van der Waals surface area (Å²) < 4.78 is 72.2. The number of aryl methyl sites for hydroxylation is 1. The first-order valence-electron chi connectivity index (χ1n) is 14.1. The summed E-state index contributed by atoms with van der Waals surface area (Å²) in [6, 6.07) is 20.4. The van der Waals surface area contributed by atoms with Crippen molar-refractivity contribution in [3.63, 3.8) is 0 Å². The van der Waals surface area contributed by atoms with Gasteiger partial charge in [-0.1, -0.05) is 76.6 Å². The highest BCUT2D eigenvalue weighted by Gasteiger charge is 2.27. The Morgan fingerprint density at radius 3 is 2.30 bits per heavy atom. The first-order valence-corrected chi connectivity index (χ1v) is 15.6. The third kappa shape index (κ3) is 8.16.